The van der Waals surface area contributed by atoms with Gasteiger partial charge in [-0.05, 0) is 119 Å². The van der Waals surface area contributed by atoms with E-state index in [-0.39, 0.29) is 11.1 Å². The summed E-state index contributed by atoms with van der Waals surface area (Å²) in [6.07, 6.45) is 7.74. The highest BCUT2D eigenvalue weighted by molar-refractivity contribution is 5.81. The summed E-state index contributed by atoms with van der Waals surface area (Å²) in [7, 11) is 2.16. The van der Waals surface area contributed by atoms with E-state index in [0.717, 1.165) is 37.9 Å². The van der Waals surface area contributed by atoms with Gasteiger partial charge in [0.05, 0.1) is 6.54 Å². The third-order valence-electron chi connectivity index (χ3n) is 8.18. The molecule has 3 saturated heterocycles. The second kappa shape index (κ2) is 13.0. The van der Waals surface area contributed by atoms with E-state index in [1.165, 1.54) is 37.8 Å². The number of nitrogens with zero attached hydrogens (tertiary/aromatic N) is 3. The molecule has 1 aromatic rings. The van der Waals surface area contributed by atoms with Crippen LogP contribution in [-0.2, 0) is 11.3 Å². The van der Waals surface area contributed by atoms with Gasteiger partial charge in [0.25, 0.3) is 0 Å². The molecule has 0 unspecified atom stereocenters. The van der Waals surface area contributed by atoms with Crippen molar-refractivity contribution in [1.82, 2.24) is 14.7 Å². The number of carbonyl (C=O) groups excluding carboxylic acids is 1. The molecule has 4 fully saturated rings. The average molecular weight is 500 g/mol. The highest BCUT2D eigenvalue weighted by atomic mass is 16.1. The number of hydrogen-bond acceptors (Lipinski definition) is 4. The molecule has 36 heavy (non-hydrogen) atoms. The summed E-state index contributed by atoms with van der Waals surface area (Å²) in [5.41, 5.74) is 2.19. The molecule has 0 amide bonds. The molecule has 2 bridgehead atoms. The number of benzene rings is 1. The van der Waals surface area contributed by atoms with Crippen LogP contribution < -0.4 is 0 Å². The van der Waals surface area contributed by atoms with Crippen molar-refractivity contribution in [2.45, 2.75) is 130 Å². The number of ketones is 1. The minimum absolute atomic E-state index is 0.163. The lowest BCUT2D eigenvalue weighted by Crippen LogP contribution is -2.56. The van der Waals surface area contributed by atoms with E-state index in [1.807, 2.05) is 0 Å². The number of piperidine rings is 3. The van der Waals surface area contributed by atoms with Gasteiger partial charge in [-0.2, -0.15) is 0 Å². The van der Waals surface area contributed by atoms with Crippen LogP contribution in [0.2, 0.25) is 0 Å². The van der Waals surface area contributed by atoms with Gasteiger partial charge in [0.2, 0.25) is 0 Å². The summed E-state index contributed by atoms with van der Waals surface area (Å²) < 4.78 is 0. The van der Waals surface area contributed by atoms with E-state index in [2.05, 4.69) is 114 Å². The normalized spacial score (nSPS) is 23.6. The fourth-order valence-corrected chi connectivity index (χ4v) is 5.39. The van der Waals surface area contributed by atoms with Crippen molar-refractivity contribution in [2.75, 3.05) is 26.7 Å². The van der Waals surface area contributed by atoms with Gasteiger partial charge in [0.15, 0.2) is 0 Å². The number of carbonyl (C=O) groups is 1. The first kappa shape index (κ1) is 31.0. The van der Waals surface area contributed by atoms with Crippen molar-refractivity contribution in [1.29, 1.82) is 0 Å². The van der Waals surface area contributed by atoms with Crippen molar-refractivity contribution < 1.29 is 4.79 Å². The fraction of sp³-hybridized carbons (Fsp3) is 0.781. The first-order valence-electron chi connectivity index (χ1n) is 14.4. The molecule has 4 nitrogen and oxygen atoms in total. The lowest BCUT2D eigenvalue weighted by molar-refractivity contribution is -0.123. The Bertz CT molecular complexity index is 776. The monoisotopic (exact) mass is 499 g/mol. The zero-order chi connectivity index (χ0) is 27.1. The van der Waals surface area contributed by atoms with Gasteiger partial charge in [0, 0.05) is 42.2 Å². The van der Waals surface area contributed by atoms with Crippen molar-refractivity contribution >= 4 is 5.78 Å². The minimum atomic E-state index is 0.163. The number of fused-ring (bicyclic) bond motifs is 3. The Morgan fingerprint density at radius 3 is 1.81 bits per heavy atom. The molecule has 4 heteroatoms. The molecule has 0 spiro atoms. The van der Waals surface area contributed by atoms with Crippen LogP contribution in [-0.4, -0.2) is 69.8 Å². The second-order valence-electron chi connectivity index (χ2n) is 14.2. The van der Waals surface area contributed by atoms with Crippen LogP contribution in [0.1, 0.15) is 106 Å². The Morgan fingerprint density at radius 1 is 0.861 bits per heavy atom. The number of rotatable bonds is 2. The SMILES string of the molecule is CC(C)(C)N1CC2CCC1CC2.CC(C)(C)N1CCCC(=O)C1.CN(Cc1ccccc1)C(C)(C)C. The number of Topliss-reactive ketones (excluding diaryl/α,β-unsaturated/α-hetero) is 1. The fourth-order valence-electron chi connectivity index (χ4n) is 5.39. The Morgan fingerprint density at radius 2 is 1.44 bits per heavy atom. The Balaban J connectivity index is 0.000000191. The van der Waals surface area contributed by atoms with Crippen LogP contribution >= 0.6 is 0 Å². The molecule has 0 N–H and O–H groups in total. The van der Waals surface area contributed by atoms with E-state index in [0.29, 0.717) is 17.9 Å². The molecule has 1 aliphatic carbocycles. The van der Waals surface area contributed by atoms with Crippen molar-refractivity contribution in [3.63, 3.8) is 0 Å². The third kappa shape index (κ3) is 10.3. The smallest absolute Gasteiger partial charge is 0.146 e. The molecule has 0 atom stereocenters. The topological polar surface area (TPSA) is 26.8 Å². The number of hydrogen-bond donors (Lipinski definition) is 0. The molecule has 4 aliphatic rings. The van der Waals surface area contributed by atoms with Crippen LogP contribution in [0.3, 0.4) is 0 Å². The van der Waals surface area contributed by atoms with Crippen LogP contribution in [0.25, 0.3) is 0 Å². The molecule has 1 aromatic carbocycles. The van der Waals surface area contributed by atoms with Crippen LogP contribution in [0, 0.1) is 5.92 Å². The maximum atomic E-state index is 11.1. The zero-order valence-corrected chi connectivity index (χ0v) is 25.4. The Labute approximate surface area is 223 Å². The maximum Gasteiger partial charge on any atom is 0.146 e. The largest absolute Gasteiger partial charge is 0.298 e. The van der Waals surface area contributed by atoms with E-state index < -0.39 is 0 Å². The van der Waals surface area contributed by atoms with Crippen LogP contribution in [0.15, 0.2) is 30.3 Å². The van der Waals surface area contributed by atoms with Crippen molar-refractivity contribution in [3.05, 3.63) is 35.9 Å². The first-order chi connectivity index (χ1) is 16.6. The van der Waals surface area contributed by atoms with Gasteiger partial charge in [-0.1, -0.05) is 30.3 Å². The molecule has 3 aliphatic heterocycles. The van der Waals surface area contributed by atoms with Gasteiger partial charge in [0.1, 0.15) is 5.78 Å². The van der Waals surface area contributed by atoms with E-state index in [9.17, 15) is 4.79 Å². The van der Waals surface area contributed by atoms with Crippen molar-refractivity contribution in [3.8, 4) is 0 Å². The lowest BCUT2D eigenvalue weighted by Gasteiger charge is -2.51. The highest BCUT2D eigenvalue weighted by Crippen LogP contribution is 2.38. The summed E-state index contributed by atoms with van der Waals surface area (Å²) in [6.45, 7) is 24.4. The first-order valence-corrected chi connectivity index (χ1v) is 14.4. The zero-order valence-electron chi connectivity index (χ0n) is 25.4. The van der Waals surface area contributed by atoms with Gasteiger partial charge < -0.3 is 0 Å². The average Bonchev–Trinajstić information content (AvgIpc) is 2.80. The molecule has 5 rings (SSSR count). The lowest BCUT2D eigenvalue weighted by atomic mass is 9.78. The maximum absolute atomic E-state index is 11.1. The molecule has 1 saturated carbocycles. The third-order valence-corrected chi connectivity index (χ3v) is 8.18. The predicted octanol–water partition coefficient (Wildman–Crippen LogP) is 7.03. The molecular formula is C32H57N3O. The summed E-state index contributed by atoms with van der Waals surface area (Å²) in [5.74, 6) is 1.42. The van der Waals surface area contributed by atoms with Crippen LogP contribution in [0.4, 0.5) is 0 Å². The summed E-state index contributed by atoms with van der Waals surface area (Å²) in [4.78, 5) is 18.4. The Kier molecular flexibility index (Phi) is 11.2. The van der Waals surface area contributed by atoms with E-state index in [1.54, 1.807) is 0 Å². The van der Waals surface area contributed by atoms with E-state index >= 15 is 0 Å². The molecule has 0 aromatic heterocycles. The Hall–Kier alpha value is -1.23. The standard InChI is InChI=1S/C12H19N.C11H21N.C9H17NO/c1-12(2,3)13(4)10-11-8-6-5-7-9-11;1-11(2,3)12-8-9-4-6-10(12)7-5-9;1-9(2,3)10-6-4-5-8(11)7-10/h5-9H,10H2,1-4H3;9-10H,4-8H2,1-3H3;4-7H2,1-3H3. The van der Waals surface area contributed by atoms with Gasteiger partial charge >= 0.3 is 0 Å². The van der Waals surface area contributed by atoms with E-state index in [4.69, 9.17) is 0 Å². The second-order valence-corrected chi connectivity index (χ2v) is 14.2. The molecule has 206 valence electrons. The highest BCUT2D eigenvalue weighted by Gasteiger charge is 2.38. The molecule has 0 radical (unpaired) electrons. The number of likely N-dealkylation sites (tertiary alicyclic amines) is 1. The quantitative estimate of drug-likeness (QED) is 0.436. The summed E-state index contributed by atoms with van der Waals surface area (Å²) >= 11 is 0. The van der Waals surface area contributed by atoms with Gasteiger partial charge in [-0.25, -0.2) is 0 Å². The molecule has 3 heterocycles. The minimum Gasteiger partial charge on any atom is -0.298 e. The summed E-state index contributed by atoms with van der Waals surface area (Å²) in [6, 6.07) is 11.5. The molecular weight excluding hydrogens is 442 g/mol. The predicted molar refractivity (Wildman–Crippen MR) is 155 cm³/mol. The van der Waals surface area contributed by atoms with Crippen molar-refractivity contribution in [2.24, 2.45) is 5.92 Å². The van der Waals surface area contributed by atoms with Crippen LogP contribution in [0.5, 0.6) is 0 Å². The van der Waals surface area contributed by atoms with Gasteiger partial charge in [-0.3, -0.25) is 19.5 Å². The van der Waals surface area contributed by atoms with Gasteiger partial charge in [-0.15, -0.1) is 0 Å². The summed E-state index contributed by atoms with van der Waals surface area (Å²) in [5, 5.41) is 0.